The Morgan fingerprint density at radius 1 is 1.11 bits per heavy atom. The molecule has 1 aromatic carbocycles. The molecule has 1 unspecified atom stereocenters. The number of hydrogen-bond acceptors (Lipinski definition) is 4. The van der Waals surface area contributed by atoms with Crippen molar-refractivity contribution >= 4 is 11.8 Å². The summed E-state index contributed by atoms with van der Waals surface area (Å²) < 4.78 is 5.44. The molecule has 28 heavy (non-hydrogen) atoms. The highest BCUT2D eigenvalue weighted by Gasteiger charge is 2.28. The highest BCUT2D eigenvalue weighted by Crippen LogP contribution is 2.13. The van der Waals surface area contributed by atoms with Gasteiger partial charge in [-0.3, -0.25) is 9.59 Å². The van der Waals surface area contributed by atoms with Gasteiger partial charge in [0, 0.05) is 31.6 Å². The molecule has 3 rings (SSSR count). The number of hydrogen-bond donors (Lipinski definition) is 1. The van der Waals surface area contributed by atoms with Gasteiger partial charge in [0.05, 0.1) is 6.26 Å². The third-order valence-electron chi connectivity index (χ3n) is 5.39. The molecule has 2 heterocycles. The van der Waals surface area contributed by atoms with E-state index in [1.807, 2.05) is 36.9 Å². The van der Waals surface area contributed by atoms with Crippen molar-refractivity contribution in [2.75, 3.05) is 33.2 Å². The summed E-state index contributed by atoms with van der Waals surface area (Å²) in [5.74, 6) is 0.398. The van der Waals surface area contributed by atoms with Crippen LogP contribution in [0.5, 0.6) is 0 Å². The quantitative estimate of drug-likeness (QED) is 0.861. The van der Waals surface area contributed by atoms with E-state index >= 15 is 0 Å². The van der Waals surface area contributed by atoms with Crippen LogP contribution in [0.2, 0.25) is 0 Å². The second-order valence-corrected chi connectivity index (χ2v) is 7.59. The topological polar surface area (TPSA) is 65.8 Å². The summed E-state index contributed by atoms with van der Waals surface area (Å²) in [6.07, 6.45) is 2.86. The Kier molecular flexibility index (Phi) is 6.52. The maximum Gasteiger partial charge on any atom is 0.251 e. The first kappa shape index (κ1) is 20.1. The fourth-order valence-electron chi connectivity index (χ4n) is 3.44. The minimum absolute atomic E-state index is 0.0520. The van der Waals surface area contributed by atoms with Crippen LogP contribution in [0, 0.1) is 13.8 Å². The molecule has 0 aliphatic carbocycles. The van der Waals surface area contributed by atoms with E-state index in [-0.39, 0.29) is 11.8 Å². The Morgan fingerprint density at radius 3 is 2.64 bits per heavy atom. The molecular weight excluding hydrogens is 354 g/mol. The summed E-state index contributed by atoms with van der Waals surface area (Å²) in [5, 5.41) is 2.94. The van der Waals surface area contributed by atoms with Crippen LogP contribution in [0.3, 0.4) is 0 Å². The van der Waals surface area contributed by atoms with Gasteiger partial charge in [-0.25, -0.2) is 0 Å². The lowest BCUT2D eigenvalue weighted by Crippen LogP contribution is -2.50. The van der Waals surface area contributed by atoms with Gasteiger partial charge in [0.1, 0.15) is 11.8 Å². The second-order valence-electron chi connectivity index (χ2n) is 7.59. The van der Waals surface area contributed by atoms with E-state index in [9.17, 15) is 9.59 Å². The molecule has 6 heteroatoms. The largest absolute Gasteiger partial charge is 0.469 e. The Balaban J connectivity index is 1.76. The van der Waals surface area contributed by atoms with E-state index in [4.69, 9.17) is 4.42 Å². The number of rotatable bonds is 5. The average Bonchev–Trinajstić information content (AvgIpc) is 3.09. The predicted octanol–water partition coefficient (Wildman–Crippen LogP) is 2.40. The molecule has 1 fully saturated rings. The van der Waals surface area contributed by atoms with Crippen LogP contribution < -0.4 is 5.32 Å². The number of furan rings is 1. The fraction of sp³-hybridized carbons (Fsp3) is 0.455. The van der Waals surface area contributed by atoms with E-state index in [1.165, 1.54) is 0 Å². The zero-order chi connectivity index (χ0) is 20.1. The van der Waals surface area contributed by atoms with E-state index < -0.39 is 6.04 Å². The third kappa shape index (κ3) is 5.01. The summed E-state index contributed by atoms with van der Waals surface area (Å²) in [7, 11) is 2.07. The molecule has 2 aromatic rings. The van der Waals surface area contributed by atoms with E-state index in [1.54, 1.807) is 18.4 Å². The first-order chi connectivity index (χ1) is 13.4. The fourth-order valence-corrected chi connectivity index (χ4v) is 3.44. The zero-order valence-corrected chi connectivity index (χ0v) is 16.9. The minimum Gasteiger partial charge on any atom is -0.469 e. The van der Waals surface area contributed by atoms with Crippen LogP contribution in [0.25, 0.3) is 0 Å². The van der Waals surface area contributed by atoms with Crippen molar-refractivity contribution in [3.63, 3.8) is 0 Å². The van der Waals surface area contributed by atoms with Crippen LogP contribution >= 0.6 is 0 Å². The molecule has 150 valence electrons. The average molecular weight is 383 g/mol. The zero-order valence-electron chi connectivity index (χ0n) is 16.9. The first-order valence-electron chi connectivity index (χ1n) is 9.82. The number of amides is 2. The van der Waals surface area contributed by atoms with Gasteiger partial charge in [-0.2, -0.15) is 0 Å². The van der Waals surface area contributed by atoms with Crippen LogP contribution in [-0.4, -0.2) is 60.9 Å². The SMILES string of the molecule is Cc1ccc(C(=O)NC(Cc2ccco2)C(=O)N2CCCN(C)CC2)cc1C. The Labute approximate surface area is 166 Å². The molecule has 1 saturated heterocycles. The van der Waals surface area contributed by atoms with Crippen molar-refractivity contribution in [2.45, 2.75) is 32.7 Å². The molecule has 2 amide bonds. The number of benzene rings is 1. The molecule has 1 atom stereocenters. The predicted molar refractivity (Wildman–Crippen MR) is 108 cm³/mol. The van der Waals surface area contributed by atoms with Crippen LogP contribution in [0.1, 0.15) is 33.7 Å². The van der Waals surface area contributed by atoms with Crippen molar-refractivity contribution < 1.29 is 14.0 Å². The number of likely N-dealkylation sites (N-methyl/N-ethyl adjacent to an activating group) is 1. The number of nitrogens with one attached hydrogen (secondary N) is 1. The molecule has 0 bridgehead atoms. The lowest BCUT2D eigenvalue weighted by Gasteiger charge is -2.26. The molecule has 0 radical (unpaired) electrons. The lowest BCUT2D eigenvalue weighted by molar-refractivity contribution is -0.133. The van der Waals surface area contributed by atoms with Gasteiger partial charge in [0.25, 0.3) is 5.91 Å². The summed E-state index contributed by atoms with van der Waals surface area (Å²) >= 11 is 0. The van der Waals surface area contributed by atoms with E-state index in [0.29, 0.717) is 30.8 Å². The van der Waals surface area contributed by atoms with Crippen molar-refractivity contribution in [1.29, 1.82) is 0 Å². The number of aryl methyl sites for hydroxylation is 2. The molecule has 1 aliphatic heterocycles. The van der Waals surface area contributed by atoms with Gasteiger partial charge in [0.15, 0.2) is 0 Å². The summed E-state index contributed by atoms with van der Waals surface area (Å²) in [5.41, 5.74) is 2.75. The Hall–Kier alpha value is -2.60. The Morgan fingerprint density at radius 2 is 1.93 bits per heavy atom. The Bertz CT molecular complexity index is 816. The number of carbonyl (C=O) groups excluding carboxylic acids is 2. The summed E-state index contributed by atoms with van der Waals surface area (Å²) in [6.45, 7) is 7.18. The lowest BCUT2D eigenvalue weighted by atomic mass is 10.0. The van der Waals surface area contributed by atoms with E-state index in [2.05, 4.69) is 17.3 Å². The summed E-state index contributed by atoms with van der Waals surface area (Å²) in [4.78, 5) is 30.1. The molecule has 1 aromatic heterocycles. The minimum atomic E-state index is -0.649. The van der Waals surface area contributed by atoms with Gasteiger partial charge >= 0.3 is 0 Å². The van der Waals surface area contributed by atoms with Crippen molar-refractivity contribution in [3.05, 3.63) is 59.0 Å². The van der Waals surface area contributed by atoms with Crippen LogP contribution in [0.15, 0.2) is 41.0 Å². The van der Waals surface area contributed by atoms with Gasteiger partial charge in [-0.15, -0.1) is 0 Å². The van der Waals surface area contributed by atoms with Crippen molar-refractivity contribution in [1.82, 2.24) is 15.1 Å². The molecule has 1 aliphatic rings. The van der Waals surface area contributed by atoms with Gasteiger partial charge in [-0.1, -0.05) is 6.07 Å². The van der Waals surface area contributed by atoms with Gasteiger partial charge < -0.3 is 19.5 Å². The van der Waals surface area contributed by atoms with Crippen molar-refractivity contribution in [2.24, 2.45) is 0 Å². The first-order valence-corrected chi connectivity index (χ1v) is 9.82. The molecule has 6 nitrogen and oxygen atoms in total. The normalized spacial score (nSPS) is 16.5. The molecule has 1 N–H and O–H groups in total. The molecule has 0 saturated carbocycles. The van der Waals surface area contributed by atoms with Gasteiger partial charge in [-0.05, 0) is 69.3 Å². The van der Waals surface area contributed by atoms with Gasteiger partial charge in [0.2, 0.25) is 5.91 Å². The third-order valence-corrected chi connectivity index (χ3v) is 5.39. The summed E-state index contributed by atoms with van der Waals surface area (Å²) in [6, 6.07) is 8.57. The second kappa shape index (κ2) is 9.06. The maximum absolute atomic E-state index is 13.2. The smallest absolute Gasteiger partial charge is 0.251 e. The monoisotopic (exact) mass is 383 g/mol. The van der Waals surface area contributed by atoms with E-state index in [0.717, 1.165) is 30.6 Å². The van der Waals surface area contributed by atoms with Crippen molar-refractivity contribution in [3.8, 4) is 0 Å². The number of nitrogens with zero attached hydrogens (tertiary/aromatic N) is 2. The standard InChI is InChI=1S/C22H29N3O3/c1-16-7-8-18(14-17(16)2)21(26)23-20(15-19-6-4-13-28-19)22(27)25-10-5-9-24(3)11-12-25/h4,6-8,13-14,20H,5,9-12,15H2,1-3H3,(H,23,26). The highest BCUT2D eigenvalue weighted by atomic mass is 16.3. The van der Waals surface area contributed by atoms with Crippen LogP contribution in [-0.2, 0) is 11.2 Å². The molecular formula is C22H29N3O3. The number of carbonyl (C=O) groups is 2. The molecule has 0 spiro atoms. The highest BCUT2D eigenvalue weighted by molar-refractivity contribution is 5.97. The van der Waals surface area contributed by atoms with Crippen LogP contribution in [0.4, 0.5) is 0 Å². The maximum atomic E-state index is 13.2.